The Morgan fingerprint density at radius 3 is 2.85 bits per heavy atom. The van der Waals surface area contributed by atoms with Gasteiger partial charge in [0.2, 0.25) is 17.6 Å². The Morgan fingerprint density at radius 1 is 1.12 bits per heavy atom. The summed E-state index contributed by atoms with van der Waals surface area (Å²) in [5.74, 6) is 1.07. The van der Waals surface area contributed by atoms with Crippen molar-refractivity contribution in [1.29, 1.82) is 0 Å². The van der Waals surface area contributed by atoms with Crippen LogP contribution in [0, 0.1) is 0 Å². The number of hydrogen-bond donors (Lipinski definition) is 1. The Kier molecular flexibility index (Phi) is 4.90. The van der Waals surface area contributed by atoms with E-state index in [2.05, 4.69) is 15.5 Å². The van der Waals surface area contributed by atoms with E-state index in [1.165, 1.54) is 0 Å². The molecule has 0 atom stereocenters. The van der Waals surface area contributed by atoms with E-state index in [1.807, 2.05) is 58.6 Å². The maximum absolute atomic E-state index is 12.3. The van der Waals surface area contributed by atoms with Gasteiger partial charge in [0, 0.05) is 5.69 Å². The van der Waals surface area contributed by atoms with E-state index >= 15 is 0 Å². The zero-order valence-corrected chi connectivity index (χ0v) is 15.3. The fraction of sp³-hybridized carbons (Fsp3) is 0.105. The number of carbonyl (C=O) groups excluding carboxylic acids is 1. The number of anilines is 1. The fourth-order valence-corrected chi connectivity index (χ4v) is 3.88. The van der Waals surface area contributed by atoms with Gasteiger partial charge in [0.25, 0.3) is 0 Å². The first-order chi connectivity index (χ1) is 12.8. The second kappa shape index (κ2) is 7.63. The molecule has 0 spiro atoms. The van der Waals surface area contributed by atoms with E-state index in [0.717, 1.165) is 21.7 Å². The van der Waals surface area contributed by atoms with E-state index in [1.54, 1.807) is 22.7 Å². The van der Waals surface area contributed by atoms with E-state index in [9.17, 15) is 4.79 Å². The minimum absolute atomic E-state index is 0.0411. The summed E-state index contributed by atoms with van der Waals surface area (Å²) < 4.78 is 5.37. The van der Waals surface area contributed by atoms with Gasteiger partial charge in [0.05, 0.1) is 17.7 Å². The standard InChI is InChI=1S/C19H15N3O2S2/c23-17(10-13-7-9-25-12-13)20-15-5-2-1-4-14(15)11-18-21-19(22-24-18)16-6-3-8-26-16/h1-9,12H,10-11H2,(H,20,23). The largest absolute Gasteiger partial charge is 0.339 e. The molecule has 26 heavy (non-hydrogen) atoms. The molecule has 0 aliphatic heterocycles. The third-order valence-corrected chi connectivity index (χ3v) is 5.39. The molecule has 1 aromatic carbocycles. The lowest BCUT2D eigenvalue weighted by atomic mass is 10.1. The maximum atomic E-state index is 12.3. The first-order valence-corrected chi connectivity index (χ1v) is 9.85. The predicted molar refractivity (Wildman–Crippen MR) is 104 cm³/mol. The number of rotatable bonds is 6. The number of benzene rings is 1. The lowest BCUT2D eigenvalue weighted by Crippen LogP contribution is -2.15. The van der Waals surface area contributed by atoms with Gasteiger partial charge in [-0.1, -0.05) is 29.4 Å². The molecule has 0 unspecified atom stereocenters. The summed E-state index contributed by atoms with van der Waals surface area (Å²) in [5.41, 5.74) is 2.72. The van der Waals surface area contributed by atoms with Crippen molar-refractivity contribution in [3.63, 3.8) is 0 Å². The van der Waals surface area contributed by atoms with Crippen molar-refractivity contribution in [1.82, 2.24) is 10.1 Å². The first-order valence-electron chi connectivity index (χ1n) is 8.03. The second-order valence-electron chi connectivity index (χ2n) is 5.68. The zero-order valence-electron chi connectivity index (χ0n) is 13.7. The van der Waals surface area contributed by atoms with Crippen LogP contribution in [0.15, 0.2) is 63.1 Å². The van der Waals surface area contributed by atoms with Crippen molar-refractivity contribution in [3.05, 3.63) is 75.6 Å². The molecule has 0 saturated heterocycles. The van der Waals surface area contributed by atoms with Crippen LogP contribution in [0.5, 0.6) is 0 Å². The summed E-state index contributed by atoms with van der Waals surface area (Å²) in [6.45, 7) is 0. The van der Waals surface area contributed by atoms with Crippen LogP contribution in [0.3, 0.4) is 0 Å². The smallest absolute Gasteiger partial charge is 0.231 e. The zero-order chi connectivity index (χ0) is 17.8. The van der Waals surface area contributed by atoms with Crippen LogP contribution in [0.4, 0.5) is 5.69 Å². The van der Waals surface area contributed by atoms with Crippen LogP contribution in [0.2, 0.25) is 0 Å². The van der Waals surface area contributed by atoms with Crippen LogP contribution >= 0.6 is 22.7 Å². The summed E-state index contributed by atoms with van der Waals surface area (Å²) in [7, 11) is 0. The molecule has 3 heterocycles. The molecule has 130 valence electrons. The van der Waals surface area contributed by atoms with Gasteiger partial charge in [-0.05, 0) is 45.5 Å². The Labute approximate surface area is 158 Å². The summed E-state index contributed by atoms with van der Waals surface area (Å²) in [6, 6.07) is 13.5. The van der Waals surface area contributed by atoms with Crippen molar-refractivity contribution in [2.75, 3.05) is 5.32 Å². The number of nitrogens with zero attached hydrogens (tertiary/aromatic N) is 2. The minimum Gasteiger partial charge on any atom is -0.339 e. The highest BCUT2D eigenvalue weighted by Crippen LogP contribution is 2.24. The number of carbonyl (C=O) groups is 1. The molecule has 1 N–H and O–H groups in total. The Bertz CT molecular complexity index is 992. The Balaban J connectivity index is 1.48. The van der Waals surface area contributed by atoms with Gasteiger partial charge in [0.15, 0.2) is 0 Å². The van der Waals surface area contributed by atoms with Crippen LogP contribution in [-0.4, -0.2) is 16.0 Å². The summed E-state index contributed by atoms with van der Waals surface area (Å²) in [5, 5.41) is 12.9. The normalized spacial score (nSPS) is 10.8. The second-order valence-corrected chi connectivity index (χ2v) is 7.41. The molecular formula is C19H15N3O2S2. The molecule has 7 heteroatoms. The lowest BCUT2D eigenvalue weighted by Gasteiger charge is -2.09. The van der Waals surface area contributed by atoms with Crippen LogP contribution in [-0.2, 0) is 17.6 Å². The highest BCUT2D eigenvalue weighted by molar-refractivity contribution is 7.13. The van der Waals surface area contributed by atoms with Crippen molar-refractivity contribution < 1.29 is 9.32 Å². The third kappa shape index (κ3) is 3.89. The quantitative estimate of drug-likeness (QED) is 0.529. The van der Waals surface area contributed by atoms with Gasteiger partial charge in [-0.15, -0.1) is 11.3 Å². The molecule has 0 bridgehead atoms. The molecular weight excluding hydrogens is 366 g/mol. The van der Waals surface area contributed by atoms with E-state index in [-0.39, 0.29) is 5.91 Å². The first kappa shape index (κ1) is 16.7. The number of hydrogen-bond acceptors (Lipinski definition) is 6. The van der Waals surface area contributed by atoms with E-state index in [4.69, 9.17) is 4.52 Å². The number of para-hydroxylation sites is 1. The lowest BCUT2D eigenvalue weighted by molar-refractivity contribution is -0.115. The molecule has 3 aromatic heterocycles. The summed E-state index contributed by atoms with van der Waals surface area (Å²) in [4.78, 5) is 17.7. The Hall–Kier alpha value is -2.77. The van der Waals surface area contributed by atoms with Gasteiger partial charge in [-0.25, -0.2) is 0 Å². The third-order valence-electron chi connectivity index (χ3n) is 3.79. The van der Waals surface area contributed by atoms with Gasteiger partial charge in [-0.2, -0.15) is 16.3 Å². The molecule has 1 amide bonds. The number of thiophene rings is 2. The number of nitrogens with one attached hydrogen (secondary N) is 1. The molecule has 0 radical (unpaired) electrons. The minimum atomic E-state index is -0.0411. The molecule has 4 rings (SSSR count). The monoisotopic (exact) mass is 381 g/mol. The van der Waals surface area contributed by atoms with Crippen molar-refractivity contribution in [2.45, 2.75) is 12.8 Å². The Morgan fingerprint density at radius 2 is 2.04 bits per heavy atom. The van der Waals surface area contributed by atoms with Crippen molar-refractivity contribution in [2.24, 2.45) is 0 Å². The van der Waals surface area contributed by atoms with Gasteiger partial charge < -0.3 is 9.84 Å². The molecule has 0 aliphatic carbocycles. The number of aromatic nitrogens is 2. The molecule has 0 aliphatic rings. The van der Waals surface area contributed by atoms with Gasteiger partial charge in [-0.3, -0.25) is 4.79 Å². The maximum Gasteiger partial charge on any atom is 0.231 e. The molecule has 0 fully saturated rings. The van der Waals surface area contributed by atoms with Crippen LogP contribution in [0.1, 0.15) is 17.0 Å². The molecule has 4 aromatic rings. The topological polar surface area (TPSA) is 68.0 Å². The fourth-order valence-electron chi connectivity index (χ4n) is 2.56. The van der Waals surface area contributed by atoms with Crippen LogP contribution < -0.4 is 5.32 Å². The SMILES string of the molecule is O=C(Cc1ccsc1)Nc1ccccc1Cc1nc(-c2cccs2)no1. The summed E-state index contributed by atoms with van der Waals surface area (Å²) in [6.07, 6.45) is 0.828. The average molecular weight is 381 g/mol. The van der Waals surface area contributed by atoms with Crippen molar-refractivity contribution in [3.8, 4) is 10.7 Å². The highest BCUT2D eigenvalue weighted by Gasteiger charge is 2.13. The summed E-state index contributed by atoms with van der Waals surface area (Å²) >= 11 is 3.15. The van der Waals surface area contributed by atoms with E-state index in [0.29, 0.717) is 24.6 Å². The molecule has 0 saturated carbocycles. The molecule has 5 nitrogen and oxygen atoms in total. The predicted octanol–water partition coefficient (Wildman–Crippen LogP) is 4.63. The number of amides is 1. The van der Waals surface area contributed by atoms with Crippen molar-refractivity contribution >= 4 is 34.3 Å². The van der Waals surface area contributed by atoms with Gasteiger partial charge in [0.1, 0.15) is 0 Å². The van der Waals surface area contributed by atoms with E-state index < -0.39 is 0 Å². The van der Waals surface area contributed by atoms with Gasteiger partial charge >= 0.3 is 0 Å². The highest BCUT2D eigenvalue weighted by atomic mass is 32.1. The average Bonchev–Trinajstić information content (AvgIpc) is 3.38. The van der Waals surface area contributed by atoms with Crippen LogP contribution in [0.25, 0.3) is 10.7 Å².